The Morgan fingerprint density at radius 2 is 1.76 bits per heavy atom. The van der Waals surface area contributed by atoms with E-state index in [1.165, 1.54) is 18.2 Å². The number of carbonyl (C=O) groups excluding carboxylic acids is 1. The average molecular weight is 363 g/mol. The number of para-hydroxylation sites is 1. The van der Waals surface area contributed by atoms with Gasteiger partial charge in [0.1, 0.15) is 0 Å². The molecule has 0 saturated carbocycles. The van der Waals surface area contributed by atoms with Crippen LogP contribution in [0.15, 0.2) is 60.0 Å². The van der Waals surface area contributed by atoms with E-state index in [0.29, 0.717) is 5.56 Å². The molecule has 7 heteroatoms. The third-order valence-electron chi connectivity index (χ3n) is 3.14. The zero-order chi connectivity index (χ0) is 18.1. The van der Waals surface area contributed by atoms with Crippen molar-refractivity contribution in [1.82, 2.24) is 4.72 Å². The van der Waals surface area contributed by atoms with E-state index in [1.54, 1.807) is 36.4 Å². The second kappa shape index (κ2) is 8.98. The van der Waals surface area contributed by atoms with Gasteiger partial charge in [-0.1, -0.05) is 42.5 Å². The van der Waals surface area contributed by atoms with Crippen LogP contribution in [0.5, 0.6) is 5.75 Å². The van der Waals surface area contributed by atoms with E-state index >= 15 is 0 Å². The number of rotatable bonds is 8. The Hall–Kier alpha value is -2.67. The molecule has 1 amide bonds. The number of hydrogen-bond acceptors (Lipinski definition) is 4. The summed E-state index contributed by atoms with van der Waals surface area (Å²) in [5, 5.41) is 0.941. The van der Waals surface area contributed by atoms with Gasteiger partial charge in [0.15, 0.2) is 11.6 Å². The van der Waals surface area contributed by atoms with E-state index in [9.17, 15) is 17.6 Å². The van der Waals surface area contributed by atoms with Crippen molar-refractivity contribution < 1.29 is 22.3 Å². The van der Waals surface area contributed by atoms with Gasteiger partial charge in [0.2, 0.25) is 5.91 Å². The van der Waals surface area contributed by atoms with Crippen LogP contribution in [0, 0.1) is 5.82 Å². The van der Waals surface area contributed by atoms with Crippen LogP contribution in [-0.4, -0.2) is 20.9 Å². The Morgan fingerprint density at radius 1 is 1.08 bits per heavy atom. The molecular weight excluding hydrogens is 345 g/mol. The highest BCUT2D eigenvalue weighted by molar-refractivity contribution is 7.93. The largest absolute Gasteiger partial charge is 0.491 e. The predicted molar refractivity (Wildman–Crippen MR) is 93.7 cm³/mol. The number of hydrogen-bond donors (Lipinski definition) is 1. The molecule has 0 atom stereocenters. The minimum absolute atomic E-state index is 0.0488. The lowest BCUT2D eigenvalue weighted by molar-refractivity contribution is -0.119. The van der Waals surface area contributed by atoms with Gasteiger partial charge in [0.25, 0.3) is 10.0 Å². The summed E-state index contributed by atoms with van der Waals surface area (Å²) in [6.45, 7) is 0.105. The first kappa shape index (κ1) is 18.7. The van der Waals surface area contributed by atoms with E-state index in [2.05, 4.69) is 0 Å². The molecule has 1 N–H and O–H groups in total. The molecule has 0 aliphatic carbocycles. The van der Waals surface area contributed by atoms with Gasteiger partial charge in [-0.15, -0.1) is 0 Å². The molecule has 0 bridgehead atoms. The number of carbonyl (C=O) groups is 1. The number of benzene rings is 2. The van der Waals surface area contributed by atoms with Crippen LogP contribution >= 0.6 is 0 Å². The summed E-state index contributed by atoms with van der Waals surface area (Å²) in [7, 11) is -3.86. The molecule has 25 heavy (non-hydrogen) atoms. The monoisotopic (exact) mass is 363 g/mol. The molecule has 132 valence electrons. The summed E-state index contributed by atoms with van der Waals surface area (Å²) in [5.74, 6) is -1.03. The van der Waals surface area contributed by atoms with Crippen molar-refractivity contribution in [3.8, 4) is 5.75 Å². The zero-order valence-corrected chi connectivity index (χ0v) is 14.2. The Morgan fingerprint density at radius 3 is 2.48 bits per heavy atom. The van der Waals surface area contributed by atoms with Crippen molar-refractivity contribution in [3.63, 3.8) is 0 Å². The topological polar surface area (TPSA) is 72.5 Å². The number of sulfonamides is 1. The van der Waals surface area contributed by atoms with Gasteiger partial charge in [-0.2, -0.15) is 0 Å². The van der Waals surface area contributed by atoms with Crippen molar-refractivity contribution in [3.05, 3.63) is 71.4 Å². The second-order valence-corrected chi connectivity index (χ2v) is 6.73. The lowest BCUT2D eigenvalue weighted by atomic mass is 10.2. The second-order valence-electron chi connectivity index (χ2n) is 5.17. The highest BCUT2D eigenvalue weighted by Gasteiger charge is 2.11. The fourth-order valence-electron chi connectivity index (χ4n) is 1.95. The van der Waals surface area contributed by atoms with Gasteiger partial charge < -0.3 is 4.74 Å². The minimum Gasteiger partial charge on any atom is -0.491 e. The Labute approximate surface area is 146 Å². The van der Waals surface area contributed by atoms with Gasteiger partial charge in [-0.05, 0) is 30.2 Å². The molecule has 2 aromatic rings. The van der Waals surface area contributed by atoms with Crippen LogP contribution in [0.4, 0.5) is 4.39 Å². The standard InChI is InChI=1S/C18H18FNO4S/c19-16-9-4-5-10-17(16)24-13-6-11-18(21)20-25(22,23)14-12-15-7-2-1-3-8-15/h1-5,7-10,12,14H,6,11,13H2,(H,20,21)/b14-12+. The first-order valence-electron chi connectivity index (χ1n) is 7.62. The third-order valence-corrected chi connectivity index (χ3v) is 4.14. The summed E-state index contributed by atoms with van der Waals surface area (Å²) >= 11 is 0. The van der Waals surface area contributed by atoms with Gasteiger partial charge in [-0.3, -0.25) is 4.79 Å². The molecule has 0 aromatic heterocycles. The van der Waals surface area contributed by atoms with Crippen LogP contribution in [0.2, 0.25) is 0 Å². The lowest BCUT2D eigenvalue weighted by Gasteiger charge is -2.07. The number of nitrogens with one attached hydrogen (secondary N) is 1. The maximum absolute atomic E-state index is 13.3. The average Bonchev–Trinajstić information content (AvgIpc) is 2.59. The van der Waals surface area contributed by atoms with E-state index < -0.39 is 21.7 Å². The van der Waals surface area contributed by atoms with Gasteiger partial charge in [0, 0.05) is 6.42 Å². The van der Waals surface area contributed by atoms with E-state index in [0.717, 1.165) is 5.41 Å². The normalized spacial score (nSPS) is 11.4. The summed E-state index contributed by atoms with van der Waals surface area (Å²) in [5.41, 5.74) is 0.707. The molecule has 0 saturated heterocycles. The van der Waals surface area contributed by atoms with Gasteiger partial charge >= 0.3 is 0 Å². The van der Waals surface area contributed by atoms with Crippen LogP contribution < -0.4 is 9.46 Å². The Balaban J connectivity index is 1.75. The SMILES string of the molecule is O=C(CCCOc1ccccc1F)NS(=O)(=O)/C=C/c1ccccc1. The molecule has 0 radical (unpaired) electrons. The lowest BCUT2D eigenvalue weighted by Crippen LogP contribution is -2.28. The molecule has 2 rings (SSSR count). The van der Waals surface area contributed by atoms with Gasteiger partial charge in [-0.25, -0.2) is 17.5 Å². The van der Waals surface area contributed by atoms with Crippen molar-refractivity contribution in [2.45, 2.75) is 12.8 Å². The van der Waals surface area contributed by atoms with Crippen molar-refractivity contribution in [2.75, 3.05) is 6.61 Å². The maximum Gasteiger partial charge on any atom is 0.257 e. The Bertz CT molecular complexity index is 835. The number of amides is 1. The van der Waals surface area contributed by atoms with E-state index in [-0.39, 0.29) is 25.2 Å². The zero-order valence-electron chi connectivity index (χ0n) is 13.4. The summed E-state index contributed by atoms with van der Waals surface area (Å²) in [4.78, 5) is 11.7. The Kier molecular flexibility index (Phi) is 6.71. The quantitative estimate of drug-likeness (QED) is 0.732. The third kappa shape index (κ3) is 6.76. The van der Waals surface area contributed by atoms with Crippen molar-refractivity contribution in [2.24, 2.45) is 0 Å². The van der Waals surface area contributed by atoms with Crippen molar-refractivity contribution in [1.29, 1.82) is 0 Å². The summed E-state index contributed by atoms with van der Waals surface area (Å²) < 4.78 is 44.1. The molecule has 0 spiro atoms. The molecule has 0 unspecified atom stereocenters. The highest BCUT2D eigenvalue weighted by Crippen LogP contribution is 2.15. The van der Waals surface area contributed by atoms with E-state index in [4.69, 9.17) is 4.74 Å². The van der Waals surface area contributed by atoms with Crippen LogP contribution in [-0.2, 0) is 14.8 Å². The first-order valence-corrected chi connectivity index (χ1v) is 9.17. The molecule has 2 aromatic carbocycles. The van der Waals surface area contributed by atoms with Crippen LogP contribution in [0.3, 0.4) is 0 Å². The maximum atomic E-state index is 13.3. The molecule has 0 fully saturated rings. The molecule has 0 aliphatic heterocycles. The highest BCUT2D eigenvalue weighted by atomic mass is 32.2. The molecule has 0 aliphatic rings. The van der Waals surface area contributed by atoms with Crippen LogP contribution in [0.25, 0.3) is 6.08 Å². The fourth-order valence-corrected chi connectivity index (χ4v) is 2.78. The molecular formula is C18H18FNO4S. The molecule has 0 heterocycles. The summed E-state index contributed by atoms with van der Waals surface area (Å²) in [6.07, 6.45) is 1.61. The predicted octanol–water partition coefficient (Wildman–Crippen LogP) is 3.10. The van der Waals surface area contributed by atoms with Crippen molar-refractivity contribution >= 4 is 22.0 Å². The van der Waals surface area contributed by atoms with E-state index in [1.807, 2.05) is 10.8 Å². The summed E-state index contributed by atoms with van der Waals surface area (Å²) in [6, 6.07) is 14.8. The molecule has 5 nitrogen and oxygen atoms in total. The smallest absolute Gasteiger partial charge is 0.257 e. The number of halogens is 1. The first-order chi connectivity index (χ1) is 12.0. The number of ether oxygens (including phenoxy) is 1. The minimum atomic E-state index is -3.86. The fraction of sp³-hybridized carbons (Fsp3) is 0.167. The van der Waals surface area contributed by atoms with Gasteiger partial charge in [0.05, 0.1) is 12.0 Å². The van der Waals surface area contributed by atoms with Crippen LogP contribution in [0.1, 0.15) is 18.4 Å².